The van der Waals surface area contributed by atoms with Crippen molar-refractivity contribution >= 4 is 15.7 Å². The first-order chi connectivity index (χ1) is 13.5. The normalized spacial score (nSPS) is 12.0. The lowest BCUT2D eigenvalue weighted by molar-refractivity contribution is -0.137. The standard InChI is InChI=1S/C21H19F3N2O2S/c1-14-8-9-25-12-20(14)19-7-6-18(10-15(19)2)26-29(27,28)13-16-4-3-5-17(11-16)21(22,23)24/h3-12,26H,13H2,1-2H3. The summed E-state index contributed by atoms with van der Waals surface area (Å²) in [5, 5.41) is 0. The first-order valence-corrected chi connectivity index (χ1v) is 10.4. The fourth-order valence-electron chi connectivity index (χ4n) is 3.05. The summed E-state index contributed by atoms with van der Waals surface area (Å²) in [5.41, 5.74) is 3.30. The van der Waals surface area contributed by atoms with Crippen molar-refractivity contribution in [2.75, 3.05) is 4.72 Å². The molecule has 0 aliphatic rings. The van der Waals surface area contributed by atoms with Gasteiger partial charge in [-0.3, -0.25) is 9.71 Å². The van der Waals surface area contributed by atoms with Gasteiger partial charge >= 0.3 is 6.18 Å². The Morgan fingerprint density at radius 3 is 2.38 bits per heavy atom. The molecule has 0 saturated heterocycles. The van der Waals surface area contributed by atoms with E-state index >= 15 is 0 Å². The quantitative estimate of drug-likeness (QED) is 0.607. The van der Waals surface area contributed by atoms with Crippen molar-refractivity contribution in [3.05, 3.63) is 83.2 Å². The summed E-state index contributed by atoms with van der Waals surface area (Å²) in [6.07, 6.45) is -1.08. The van der Waals surface area contributed by atoms with Crippen LogP contribution in [0.2, 0.25) is 0 Å². The topological polar surface area (TPSA) is 59.1 Å². The average molecular weight is 420 g/mol. The van der Waals surface area contributed by atoms with Gasteiger partial charge in [-0.15, -0.1) is 0 Å². The van der Waals surface area contributed by atoms with E-state index in [0.29, 0.717) is 5.69 Å². The van der Waals surface area contributed by atoms with Gasteiger partial charge in [0.05, 0.1) is 11.3 Å². The number of aromatic nitrogens is 1. The molecule has 29 heavy (non-hydrogen) atoms. The number of nitrogens with one attached hydrogen (secondary N) is 1. The van der Waals surface area contributed by atoms with E-state index in [1.165, 1.54) is 12.1 Å². The Morgan fingerprint density at radius 1 is 0.966 bits per heavy atom. The molecule has 0 radical (unpaired) electrons. The lowest BCUT2D eigenvalue weighted by Crippen LogP contribution is -2.16. The molecule has 8 heteroatoms. The first-order valence-electron chi connectivity index (χ1n) is 8.73. The number of nitrogens with zero attached hydrogens (tertiary/aromatic N) is 1. The SMILES string of the molecule is Cc1cc(NS(=O)(=O)Cc2cccc(C(F)(F)F)c2)ccc1-c1cnccc1C. The second kappa shape index (κ2) is 7.87. The number of alkyl halides is 3. The summed E-state index contributed by atoms with van der Waals surface area (Å²) >= 11 is 0. The Bertz CT molecular complexity index is 1140. The van der Waals surface area contributed by atoms with Crippen molar-refractivity contribution < 1.29 is 21.6 Å². The molecule has 152 valence electrons. The van der Waals surface area contributed by atoms with Crippen molar-refractivity contribution in [1.29, 1.82) is 0 Å². The van der Waals surface area contributed by atoms with Gasteiger partial charge in [-0.05, 0) is 60.4 Å². The molecule has 1 heterocycles. The van der Waals surface area contributed by atoms with Gasteiger partial charge < -0.3 is 0 Å². The number of hydrogen-bond acceptors (Lipinski definition) is 3. The monoisotopic (exact) mass is 420 g/mol. The minimum Gasteiger partial charge on any atom is -0.283 e. The van der Waals surface area contributed by atoms with Crippen molar-refractivity contribution in [2.24, 2.45) is 0 Å². The van der Waals surface area contributed by atoms with Crippen molar-refractivity contribution in [2.45, 2.75) is 25.8 Å². The molecule has 1 aromatic heterocycles. The second-order valence-corrected chi connectivity index (χ2v) is 8.50. The zero-order valence-corrected chi connectivity index (χ0v) is 16.6. The molecule has 0 atom stereocenters. The first kappa shape index (κ1) is 20.9. The van der Waals surface area contributed by atoms with Crippen LogP contribution in [-0.4, -0.2) is 13.4 Å². The molecular formula is C21H19F3N2O2S. The van der Waals surface area contributed by atoms with Gasteiger partial charge in [-0.1, -0.05) is 24.3 Å². The van der Waals surface area contributed by atoms with Crippen LogP contribution in [0.3, 0.4) is 0 Å². The zero-order valence-electron chi connectivity index (χ0n) is 15.8. The molecule has 3 rings (SSSR count). The highest BCUT2D eigenvalue weighted by Crippen LogP contribution is 2.31. The number of rotatable bonds is 5. The molecule has 0 saturated carbocycles. The third kappa shape index (κ3) is 5.14. The average Bonchev–Trinajstić information content (AvgIpc) is 2.61. The van der Waals surface area contributed by atoms with Crippen LogP contribution < -0.4 is 4.72 Å². The van der Waals surface area contributed by atoms with E-state index in [1.807, 2.05) is 19.9 Å². The lowest BCUT2D eigenvalue weighted by atomic mass is 9.98. The molecule has 0 bridgehead atoms. The fourth-order valence-corrected chi connectivity index (χ4v) is 4.22. The van der Waals surface area contributed by atoms with Crippen LogP contribution >= 0.6 is 0 Å². The minimum atomic E-state index is -4.52. The van der Waals surface area contributed by atoms with Crippen LogP contribution in [0.5, 0.6) is 0 Å². The van der Waals surface area contributed by atoms with E-state index in [-0.39, 0.29) is 5.56 Å². The summed E-state index contributed by atoms with van der Waals surface area (Å²) < 4.78 is 65.8. The maximum Gasteiger partial charge on any atom is 0.416 e. The molecule has 0 amide bonds. The van der Waals surface area contributed by atoms with Crippen LogP contribution in [0.15, 0.2) is 60.9 Å². The highest BCUT2D eigenvalue weighted by molar-refractivity contribution is 7.91. The van der Waals surface area contributed by atoms with Gasteiger partial charge in [0.2, 0.25) is 10.0 Å². The molecule has 0 unspecified atom stereocenters. The zero-order chi connectivity index (χ0) is 21.2. The summed E-state index contributed by atoms with van der Waals surface area (Å²) in [6, 6.07) is 11.3. The Hall–Kier alpha value is -2.87. The highest BCUT2D eigenvalue weighted by atomic mass is 32.2. The maximum atomic E-state index is 12.8. The predicted molar refractivity (Wildman–Crippen MR) is 107 cm³/mol. The Balaban J connectivity index is 1.81. The smallest absolute Gasteiger partial charge is 0.283 e. The number of sulfonamides is 1. The number of hydrogen-bond donors (Lipinski definition) is 1. The molecule has 0 fully saturated rings. The molecule has 2 aromatic carbocycles. The van der Waals surface area contributed by atoms with Crippen LogP contribution in [0, 0.1) is 13.8 Å². The Kier molecular flexibility index (Phi) is 5.66. The predicted octanol–water partition coefficient (Wildman–Crippen LogP) is 5.33. The summed E-state index contributed by atoms with van der Waals surface area (Å²) in [7, 11) is -3.88. The van der Waals surface area contributed by atoms with E-state index in [9.17, 15) is 21.6 Å². The molecule has 0 aliphatic carbocycles. The number of pyridine rings is 1. The minimum absolute atomic E-state index is 0.0617. The highest BCUT2D eigenvalue weighted by Gasteiger charge is 2.30. The van der Waals surface area contributed by atoms with Crippen molar-refractivity contribution in [3.8, 4) is 11.1 Å². The summed E-state index contributed by atoms with van der Waals surface area (Å²) in [6.45, 7) is 3.81. The van der Waals surface area contributed by atoms with Gasteiger partial charge in [0.15, 0.2) is 0 Å². The van der Waals surface area contributed by atoms with Gasteiger partial charge in [-0.25, -0.2) is 8.42 Å². The van der Waals surface area contributed by atoms with Gasteiger partial charge in [-0.2, -0.15) is 13.2 Å². The Labute approximate surface area is 167 Å². The maximum absolute atomic E-state index is 12.8. The van der Waals surface area contributed by atoms with Gasteiger partial charge in [0, 0.05) is 23.6 Å². The van der Waals surface area contributed by atoms with Crippen LogP contribution in [0.25, 0.3) is 11.1 Å². The molecule has 3 aromatic rings. The molecule has 0 aliphatic heterocycles. The van der Waals surface area contributed by atoms with E-state index in [2.05, 4.69) is 9.71 Å². The third-order valence-corrected chi connectivity index (χ3v) is 5.70. The van der Waals surface area contributed by atoms with E-state index < -0.39 is 27.5 Å². The number of benzene rings is 2. The third-order valence-electron chi connectivity index (χ3n) is 4.44. The summed E-state index contributed by atoms with van der Waals surface area (Å²) in [5.74, 6) is -0.556. The van der Waals surface area contributed by atoms with Crippen LogP contribution in [0.1, 0.15) is 22.3 Å². The fraction of sp³-hybridized carbons (Fsp3) is 0.190. The molecule has 0 spiro atoms. The van der Waals surface area contributed by atoms with Crippen LogP contribution in [-0.2, 0) is 22.0 Å². The van der Waals surface area contributed by atoms with Gasteiger partial charge in [0.25, 0.3) is 0 Å². The largest absolute Gasteiger partial charge is 0.416 e. The van der Waals surface area contributed by atoms with E-state index in [0.717, 1.165) is 34.4 Å². The van der Waals surface area contributed by atoms with Crippen molar-refractivity contribution in [1.82, 2.24) is 4.98 Å². The van der Waals surface area contributed by atoms with Crippen LogP contribution in [0.4, 0.5) is 18.9 Å². The molecule has 4 nitrogen and oxygen atoms in total. The Morgan fingerprint density at radius 2 is 1.72 bits per heavy atom. The lowest BCUT2D eigenvalue weighted by Gasteiger charge is -2.13. The second-order valence-electron chi connectivity index (χ2n) is 6.78. The van der Waals surface area contributed by atoms with E-state index in [1.54, 1.807) is 30.6 Å². The molecule has 1 N–H and O–H groups in total. The summed E-state index contributed by atoms with van der Waals surface area (Å²) in [4.78, 5) is 4.12. The van der Waals surface area contributed by atoms with Gasteiger partial charge in [0.1, 0.15) is 0 Å². The number of aryl methyl sites for hydroxylation is 2. The number of halogens is 3. The van der Waals surface area contributed by atoms with E-state index in [4.69, 9.17) is 0 Å². The van der Waals surface area contributed by atoms with Crippen molar-refractivity contribution in [3.63, 3.8) is 0 Å². The number of anilines is 1. The molecular weight excluding hydrogens is 401 g/mol.